The molecule has 0 aliphatic carbocycles. The van der Waals surface area contributed by atoms with Gasteiger partial charge in [0.2, 0.25) is 35.3 Å². The van der Waals surface area contributed by atoms with Crippen molar-refractivity contribution in [2.45, 2.75) is 65.0 Å². The van der Waals surface area contributed by atoms with Crippen LogP contribution in [0.15, 0.2) is 64.1 Å². The van der Waals surface area contributed by atoms with Crippen molar-refractivity contribution >= 4 is 17.6 Å². The molecule has 6 aromatic heterocycles. The lowest BCUT2D eigenvalue weighted by Gasteiger charge is -2.18. The predicted molar refractivity (Wildman–Crippen MR) is 164 cm³/mol. The highest BCUT2D eigenvalue weighted by atomic mass is 16.4. The van der Waals surface area contributed by atoms with E-state index < -0.39 is 23.9 Å². The summed E-state index contributed by atoms with van der Waals surface area (Å²) in [5, 5.41) is 5.79. The Balaban J connectivity index is 1.23. The highest BCUT2D eigenvalue weighted by molar-refractivity contribution is 5.93. The van der Waals surface area contributed by atoms with Crippen molar-refractivity contribution in [1.82, 2.24) is 40.5 Å². The van der Waals surface area contributed by atoms with Gasteiger partial charge in [0.25, 0.3) is 11.8 Å². The molecule has 0 saturated heterocycles. The van der Waals surface area contributed by atoms with E-state index in [0.717, 1.165) is 12.8 Å². The summed E-state index contributed by atoms with van der Waals surface area (Å²) in [5.41, 5.74) is 0.944. The Bertz CT molecular complexity index is 2110. The molecule has 7 rings (SSSR count). The lowest BCUT2D eigenvalue weighted by atomic mass is 10.0. The molecule has 252 valence electrons. The van der Waals surface area contributed by atoms with Gasteiger partial charge in [-0.05, 0) is 25.7 Å². The maximum atomic E-state index is 13.4. The lowest BCUT2D eigenvalue weighted by molar-refractivity contribution is -0.117. The van der Waals surface area contributed by atoms with Gasteiger partial charge in [-0.15, -0.1) is 0 Å². The van der Waals surface area contributed by atoms with Gasteiger partial charge in [-0.25, -0.2) is 29.9 Å². The standard InChI is InChI=1S/C32H30N8O9/c1-15(2)24-32-39-23(14-49-32)31-38-20(13-48-31)28-34-18(9-44-28)25(42)33-17(8-6-4-5-7-16(3)41)27-36-22(11-46-27)30-37-21(12-47-30)29-35-19(10-45-29)26(43)40-24/h9-15,17,24H,4-8H2,1-3H3,(H,33,42)(H,40,43). The van der Waals surface area contributed by atoms with E-state index in [9.17, 15) is 14.4 Å². The van der Waals surface area contributed by atoms with Crippen molar-refractivity contribution < 1.29 is 40.9 Å². The molecule has 0 radical (unpaired) electrons. The second-order valence-electron chi connectivity index (χ2n) is 11.8. The molecular formula is C32H30N8O9. The number of fused-ring (bicyclic) bond motifs is 16. The second-order valence-corrected chi connectivity index (χ2v) is 11.8. The molecule has 12 bridgehead atoms. The summed E-state index contributed by atoms with van der Waals surface area (Å²) in [6, 6.07) is -1.31. The fourth-order valence-electron chi connectivity index (χ4n) is 5.16. The Morgan fingerprint density at radius 1 is 0.612 bits per heavy atom. The van der Waals surface area contributed by atoms with Gasteiger partial charge in [0.1, 0.15) is 55.4 Å². The molecule has 0 aromatic carbocycles. The topological polar surface area (TPSA) is 231 Å². The monoisotopic (exact) mass is 670 g/mol. The predicted octanol–water partition coefficient (Wildman–Crippen LogP) is 5.73. The Hall–Kier alpha value is -6.13. The first-order valence-corrected chi connectivity index (χ1v) is 15.6. The normalized spacial score (nSPS) is 16.3. The van der Waals surface area contributed by atoms with Crippen LogP contribution in [0.5, 0.6) is 0 Å². The van der Waals surface area contributed by atoms with Gasteiger partial charge in [-0.3, -0.25) is 9.59 Å². The van der Waals surface area contributed by atoms with Gasteiger partial charge < -0.3 is 41.9 Å². The van der Waals surface area contributed by atoms with Gasteiger partial charge in [-0.2, -0.15) is 0 Å². The SMILES string of the molecule is CC(=O)CCCCCC1NC(=O)c2coc(n2)-c2coc(n2)-c2coc(n2)C(C(C)C)NC(=O)c2coc(n2)-c2coc(n2)-c2coc1n2. The molecule has 2 unspecified atom stereocenters. The van der Waals surface area contributed by atoms with Crippen LogP contribution in [0.1, 0.15) is 97.7 Å². The van der Waals surface area contributed by atoms with Crippen LogP contribution in [0.3, 0.4) is 0 Å². The van der Waals surface area contributed by atoms with Gasteiger partial charge in [0.05, 0.1) is 0 Å². The second kappa shape index (κ2) is 13.2. The number of carbonyl (C=O) groups is 3. The summed E-state index contributed by atoms with van der Waals surface area (Å²) in [6.07, 6.45) is 10.8. The van der Waals surface area contributed by atoms with E-state index >= 15 is 0 Å². The van der Waals surface area contributed by atoms with Crippen LogP contribution in [-0.2, 0) is 4.79 Å². The lowest BCUT2D eigenvalue weighted by Crippen LogP contribution is -2.32. The average Bonchev–Trinajstić information content (AvgIpc) is 3.92. The number of nitrogens with zero attached hydrogens (tertiary/aromatic N) is 6. The first kappa shape index (κ1) is 31.5. The molecule has 0 saturated carbocycles. The molecule has 7 heterocycles. The molecule has 49 heavy (non-hydrogen) atoms. The number of ketones is 1. The van der Waals surface area contributed by atoms with E-state index in [4.69, 9.17) is 26.5 Å². The van der Waals surface area contributed by atoms with Gasteiger partial charge in [-0.1, -0.05) is 26.7 Å². The minimum absolute atomic E-state index is 0.000273. The molecule has 2 N–H and O–H groups in total. The molecule has 0 spiro atoms. The van der Waals surface area contributed by atoms with Crippen LogP contribution in [0.25, 0.3) is 46.3 Å². The van der Waals surface area contributed by atoms with Gasteiger partial charge in [0, 0.05) is 6.42 Å². The molecule has 17 nitrogen and oxygen atoms in total. The van der Waals surface area contributed by atoms with Gasteiger partial charge in [0.15, 0.2) is 34.2 Å². The van der Waals surface area contributed by atoms with Crippen molar-refractivity contribution in [3.05, 3.63) is 60.7 Å². The van der Waals surface area contributed by atoms with Crippen LogP contribution in [0.4, 0.5) is 0 Å². The number of hydrogen-bond donors (Lipinski definition) is 2. The van der Waals surface area contributed by atoms with E-state index in [1.807, 2.05) is 13.8 Å². The Kier molecular flexibility index (Phi) is 8.46. The van der Waals surface area contributed by atoms with E-state index in [-0.39, 0.29) is 81.2 Å². The van der Waals surface area contributed by atoms with Crippen LogP contribution in [-0.4, -0.2) is 47.5 Å². The molecule has 1 aliphatic heterocycles. The van der Waals surface area contributed by atoms with Gasteiger partial charge >= 0.3 is 0 Å². The first-order chi connectivity index (χ1) is 23.7. The number of unbranched alkanes of at least 4 members (excludes halogenated alkanes) is 2. The van der Waals surface area contributed by atoms with Crippen molar-refractivity contribution in [2.75, 3.05) is 0 Å². The quantitative estimate of drug-likeness (QED) is 0.193. The van der Waals surface area contributed by atoms with E-state index in [2.05, 4.69) is 40.5 Å². The molecule has 17 heteroatoms. The number of rotatable bonds is 7. The summed E-state index contributed by atoms with van der Waals surface area (Å²) < 4.78 is 33.9. The number of oxazole rings is 6. The minimum atomic E-state index is -0.666. The number of hydrogen-bond acceptors (Lipinski definition) is 15. The maximum Gasteiger partial charge on any atom is 0.273 e. The maximum absolute atomic E-state index is 13.4. The molecule has 1 aliphatic rings. The van der Waals surface area contributed by atoms with Crippen molar-refractivity contribution in [3.63, 3.8) is 0 Å². The fraction of sp³-hybridized carbons (Fsp3) is 0.344. The Labute approximate surface area is 276 Å². The number of amides is 2. The third kappa shape index (κ3) is 6.67. The summed E-state index contributed by atoms with van der Waals surface area (Å²) in [5.74, 6) is -0.373. The summed E-state index contributed by atoms with van der Waals surface area (Å²) in [6.45, 7) is 5.34. The van der Waals surface area contributed by atoms with Crippen LogP contribution in [0.2, 0.25) is 0 Å². The van der Waals surface area contributed by atoms with E-state index in [0.29, 0.717) is 19.3 Å². The number of aromatic nitrogens is 6. The van der Waals surface area contributed by atoms with Crippen molar-refractivity contribution in [2.24, 2.45) is 5.92 Å². The average molecular weight is 671 g/mol. The van der Waals surface area contributed by atoms with Crippen molar-refractivity contribution in [1.29, 1.82) is 0 Å². The molecule has 0 fully saturated rings. The number of Topliss-reactive ketones (excluding diaryl/α,β-unsaturated/α-hetero) is 1. The molecule has 2 atom stereocenters. The van der Waals surface area contributed by atoms with Crippen LogP contribution < -0.4 is 10.6 Å². The van der Waals surface area contributed by atoms with Crippen LogP contribution in [0, 0.1) is 5.92 Å². The minimum Gasteiger partial charge on any atom is -0.446 e. The summed E-state index contributed by atoms with van der Waals surface area (Å²) in [4.78, 5) is 64.4. The molecule has 2 amide bonds. The Morgan fingerprint density at radius 2 is 1.06 bits per heavy atom. The molecular weight excluding hydrogens is 640 g/mol. The Morgan fingerprint density at radius 3 is 1.61 bits per heavy atom. The number of nitrogens with one attached hydrogen (secondary N) is 2. The number of carbonyl (C=O) groups excluding carboxylic acids is 3. The van der Waals surface area contributed by atoms with Crippen LogP contribution >= 0.6 is 0 Å². The fourth-order valence-corrected chi connectivity index (χ4v) is 5.16. The highest BCUT2D eigenvalue weighted by Gasteiger charge is 2.29. The van der Waals surface area contributed by atoms with Crippen molar-refractivity contribution in [3.8, 4) is 46.3 Å². The van der Waals surface area contributed by atoms with E-state index in [1.54, 1.807) is 6.92 Å². The zero-order chi connectivity index (χ0) is 34.1. The molecule has 6 aromatic rings. The highest BCUT2D eigenvalue weighted by Crippen LogP contribution is 2.30. The zero-order valence-corrected chi connectivity index (χ0v) is 26.6. The third-order valence-electron chi connectivity index (χ3n) is 7.75. The first-order valence-electron chi connectivity index (χ1n) is 15.6. The third-order valence-corrected chi connectivity index (χ3v) is 7.75. The largest absolute Gasteiger partial charge is 0.446 e. The summed E-state index contributed by atoms with van der Waals surface area (Å²) >= 11 is 0. The smallest absolute Gasteiger partial charge is 0.273 e. The summed E-state index contributed by atoms with van der Waals surface area (Å²) in [7, 11) is 0. The van der Waals surface area contributed by atoms with E-state index in [1.165, 1.54) is 37.6 Å². The zero-order valence-electron chi connectivity index (χ0n) is 26.6.